The average molecular weight is 480 g/mol. The topological polar surface area (TPSA) is 85.9 Å². The molecule has 1 aliphatic rings. The number of para-hydroxylation sites is 1. The molecule has 0 saturated heterocycles. The van der Waals surface area contributed by atoms with E-state index in [1.54, 1.807) is 43.6 Å². The normalized spacial score (nSPS) is 17.4. The van der Waals surface area contributed by atoms with Crippen molar-refractivity contribution in [1.29, 1.82) is 0 Å². The van der Waals surface area contributed by atoms with Crippen molar-refractivity contribution < 1.29 is 23.5 Å². The minimum Gasteiger partial charge on any atom is -0.493 e. The SMILES string of the molecule is COc1cccc(CN2C(=O)c3ccc(-c4ccco4)n3C[C@]2(C)C(=O)NCCC(C)C)c1OC. The zero-order valence-corrected chi connectivity index (χ0v) is 21.0. The number of rotatable bonds is 9. The number of methoxy groups -OCH3 is 2. The molecule has 3 aromatic rings. The van der Waals surface area contributed by atoms with E-state index in [-0.39, 0.29) is 24.9 Å². The molecule has 2 amide bonds. The standard InChI is InChI=1S/C27H33N3O5/c1-18(2)13-14-28-26(32)27(3)17-29-20(22-10-7-15-35-22)11-12-21(29)25(31)30(27)16-19-8-6-9-23(33-4)24(19)34-5/h6-12,15,18H,13-14,16-17H2,1-5H3,(H,28,32)/t27-/m1/s1. The fourth-order valence-corrected chi connectivity index (χ4v) is 4.57. The number of amides is 2. The number of aromatic nitrogens is 1. The van der Waals surface area contributed by atoms with Crippen LogP contribution in [0.3, 0.4) is 0 Å². The number of benzene rings is 1. The molecule has 8 nitrogen and oxygen atoms in total. The van der Waals surface area contributed by atoms with E-state index in [9.17, 15) is 9.59 Å². The van der Waals surface area contributed by atoms with Gasteiger partial charge in [-0.25, -0.2) is 0 Å². The molecule has 0 saturated carbocycles. The Morgan fingerprint density at radius 1 is 1.11 bits per heavy atom. The molecule has 1 aliphatic heterocycles. The van der Waals surface area contributed by atoms with Crippen LogP contribution in [0.2, 0.25) is 0 Å². The van der Waals surface area contributed by atoms with Crippen LogP contribution in [-0.2, 0) is 17.9 Å². The third kappa shape index (κ3) is 4.52. The second-order valence-corrected chi connectivity index (χ2v) is 9.42. The summed E-state index contributed by atoms with van der Waals surface area (Å²) in [6.45, 7) is 7.06. The molecule has 4 rings (SSSR count). The lowest BCUT2D eigenvalue weighted by Gasteiger charge is -2.44. The van der Waals surface area contributed by atoms with Gasteiger partial charge in [-0.2, -0.15) is 0 Å². The minimum atomic E-state index is -1.14. The van der Waals surface area contributed by atoms with Gasteiger partial charge in [-0.05, 0) is 49.6 Å². The molecule has 0 spiro atoms. The van der Waals surface area contributed by atoms with Crippen molar-refractivity contribution in [3.63, 3.8) is 0 Å². The van der Waals surface area contributed by atoms with Crippen LogP contribution in [0.15, 0.2) is 53.1 Å². The first-order chi connectivity index (χ1) is 16.8. The number of nitrogens with one attached hydrogen (secondary N) is 1. The van der Waals surface area contributed by atoms with Crippen LogP contribution < -0.4 is 14.8 Å². The number of ether oxygens (including phenoxy) is 2. The maximum atomic E-state index is 13.9. The third-order valence-electron chi connectivity index (χ3n) is 6.59. The van der Waals surface area contributed by atoms with Gasteiger partial charge in [0.1, 0.15) is 17.0 Å². The first-order valence-electron chi connectivity index (χ1n) is 11.8. The Hall–Kier alpha value is -3.68. The van der Waals surface area contributed by atoms with Crippen molar-refractivity contribution in [3.8, 4) is 23.0 Å². The van der Waals surface area contributed by atoms with Gasteiger partial charge >= 0.3 is 0 Å². The molecule has 3 heterocycles. The predicted octanol–water partition coefficient (Wildman–Crippen LogP) is 4.34. The average Bonchev–Trinajstić information content (AvgIpc) is 3.51. The van der Waals surface area contributed by atoms with Crippen molar-refractivity contribution in [1.82, 2.24) is 14.8 Å². The number of hydrogen-bond donors (Lipinski definition) is 1. The quantitative estimate of drug-likeness (QED) is 0.493. The van der Waals surface area contributed by atoms with Gasteiger partial charge in [-0.1, -0.05) is 26.0 Å². The van der Waals surface area contributed by atoms with E-state index in [2.05, 4.69) is 19.2 Å². The van der Waals surface area contributed by atoms with E-state index in [0.717, 1.165) is 17.7 Å². The highest BCUT2D eigenvalue weighted by atomic mass is 16.5. The minimum absolute atomic E-state index is 0.189. The van der Waals surface area contributed by atoms with Crippen molar-refractivity contribution >= 4 is 11.8 Å². The molecule has 0 aliphatic carbocycles. The van der Waals surface area contributed by atoms with Crippen molar-refractivity contribution in [3.05, 3.63) is 60.0 Å². The molecule has 1 aromatic carbocycles. The summed E-state index contributed by atoms with van der Waals surface area (Å²) in [5, 5.41) is 3.06. The highest BCUT2D eigenvalue weighted by Gasteiger charge is 2.48. The van der Waals surface area contributed by atoms with Crippen LogP contribution in [0, 0.1) is 5.92 Å². The molecule has 8 heteroatoms. The Morgan fingerprint density at radius 2 is 1.89 bits per heavy atom. The van der Waals surface area contributed by atoms with E-state index >= 15 is 0 Å². The second kappa shape index (κ2) is 9.90. The monoisotopic (exact) mass is 479 g/mol. The van der Waals surface area contributed by atoms with Crippen LogP contribution in [0.1, 0.15) is 43.2 Å². The maximum absolute atomic E-state index is 13.9. The number of carbonyl (C=O) groups excluding carboxylic acids is 2. The summed E-state index contributed by atoms with van der Waals surface area (Å²) in [5.74, 6) is 1.78. The summed E-state index contributed by atoms with van der Waals surface area (Å²) in [7, 11) is 3.14. The van der Waals surface area contributed by atoms with Gasteiger partial charge in [0, 0.05) is 12.1 Å². The number of furan rings is 1. The summed E-state index contributed by atoms with van der Waals surface area (Å²) in [4.78, 5) is 29.2. The molecule has 1 atom stereocenters. The van der Waals surface area contributed by atoms with Gasteiger partial charge in [0.25, 0.3) is 5.91 Å². The lowest BCUT2D eigenvalue weighted by atomic mass is 9.93. The Morgan fingerprint density at radius 3 is 2.54 bits per heavy atom. The van der Waals surface area contributed by atoms with Gasteiger partial charge in [0.2, 0.25) is 5.91 Å². The largest absolute Gasteiger partial charge is 0.493 e. The van der Waals surface area contributed by atoms with Crippen LogP contribution >= 0.6 is 0 Å². The molecule has 0 radical (unpaired) electrons. The van der Waals surface area contributed by atoms with Crippen LogP contribution in [0.25, 0.3) is 11.5 Å². The molecule has 0 unspecified atom stereocenters. The summed E-state index contributed by atoms with van der Waals surface area (Å²) < 4.78 is 18.5. The number of hydrogen-bond acceptors (Lipinski definition) is 5. The molecular weight excluding hydrogens is 446 g/mol. The lowest BCUT2D eigenvalue weighted by Crippen LogP contribution is -2.63. The first-order valence-corrected chi connectivity index (χ1v) is 11.8. The van der Waals surface area contributed by atoms with Crippen molar-refractivity contribution in [2.75, 3.05) is 20.8 Å². The molecule has 35 heavy (non-hydrogen) atoms. The van der Waals surface area contributed by atoms with E-state index < -0.39 is 5.54 Å². The summed E-state index contributed by atoms with van der Waals surface area (Å²) in [5.41, 5.74) is 0.881. The Kier molecular flexibility index (Phi) is 6.91. The maximum Gasteiger partial charge on any atom is 0.271 e. The summed E-state index contributed by atoms with van der Waals surface area (Å²) in [6, 6.07) is 12.8. The first kappa shape index (κ1) is 24.4. The number of nitrogens with zero attached hydrogens (tertiary/aromatic N) is 2. The molecule has 2 aromatic heterocycles. The van der Waals surface area contributed by atoms with E-state index in [1.807, 2.05) is 35.8 Å². The highest BCUT2D eigenvalue weighted by Crippen LogP contribution is 2.37. The third-order valence-corrected chi connectivity index (χ3v) is 6.59. The van der Waals surface area contributed by atoms with Gasteiger partial charge < -0.3 is 28.7 Å². The molecular formula is C27H33N3O5. The van der Waals surface area contributed by atoms with Gasteiger partial charge in [-0.15, -0.1) is 0 Å². The van der Waals surface area contributed by atoms with Gasteiger partial charge in [0.15, 0.2) is 11.5 Å². The van der Waals surface area contributed by atoms with Crippen LogP contribution in [0.4, 0.5) is 0 Å². The second-order valence-electron chi connectivity index (χ2n) is 9.42. The fraction of sp³-hybridized carbons (Fsp3) is 0.407. The zero-order valence-electron chi connectivity index (χ0n) is 21.0. The van der Waals surface area contributed by atoms with Gasteiger partial charge in [0.05, 0.1) is 39.3 Å². The van der Waals surface area contributed by atoms with Gasteiger partial charge in [-0.3, -0.25) is 9.59 Å². The van der Waals surface area contributed by atoms with Crippen molar-refractivity contribution in [2.24, 2.45) is 5.92 Å². The smallest absolute Gasteiger partial charge is 0.271 e. The predicted molar refractivity (Wildman–Crippen MR) is 132 cm³/mol. The fourth-order valence-electron chi connectivity index (χ4n) is 4.57. The van der Waals surface area contributed by atoms with Crippen LogP contribution in [0.5, 0.6) is 11.5 Å². The lowest BCUT2D eigenvalue weighted by molar-refractivity contribution is -0.133. The Labute approximate surface area is 205 Å². The number of carbonyl (C=O) groups is 2. The molecule has 0 bridgehead atoms. The van der Waals surface area contributed by atoms with E-state index in [4.69, 9.17) is 13.9 Å². The van der Waals surface area contributed by atoms with E-state index in [1.165, 1.54) is 0 Å². The number of fused-ring (bicyclic) bond motifs is 1. The zero-order chi connectivity index (χ0) is 25.2. The molecule has 0 fully saturated rings. The van der Waals surface area contributed by atoms with E-state index in [0.29, 0.717) is 35.4 Å². The summed E-state index contributed by atoms with van der Waals surface area (Å²) >= 11 is 0. The Bertz CT molecular complexity index is 1200. The summed E-state index contributed by atoms with van der Waals surface area (Å²) in [6.07, 6.45) is 2.45. The highest BCUT2D eigenvalue weighted by molar-refractivity contribution is 6.00. The molecule has 186 valence electrons. The molecule has 1 N–H and O–H groups in total. The van der Waals surface area contributed by atoms with Crippen molar-refractivity contribution in [2.45, 2.75) is 45.8 Å². The van der Waals surface area contributed by atoms with Crippen LogP contribution in [-0.4, -0.2) is 47.6 Å². The Balaban J connectivity index is 1.76.